The van der Waals surface area contributed by atoms with E-state index in [2.05, 4.69) is 15.5 Å². The number of sulfonamides is 1. The Bertz CT molecular complexity index is 1190. The number of primary sulfonamides is 1. The van der Waals surface area contributed by atoms with Gasteiger partial charge in [-0.1, -0.05) is 29.8 Å². The number of benzene rings is 2. The molecule has 0 fully saturated rings. The molecule has 3 rings (SSSR count). The van der Waals surface area contributed by atoms with Gasteiger partial charge in [0.1, 0.15) is 10.6 Å². The van der Waals surface area contributed by atoms with Crippen molar-refractivity contribution in [2.75, 3.05) is 5.32 Å². The minimum absolute atomic E-state index is 0.0440. The number of alkyl halides is 3. The summed E-state index contributed by atoms with van der Waals surface area (Å²) in [4.78, 5) is 12.2. The van der Waals surface area contributed by atoms with Crippen molar-refractivity contribution in [1.82, 2.24) is 15.0 Å². The van der Waals surface area contributed by atoms with Crippen LogP contribution < -0.4 is 10.5 Å². The van der Waals surface area contributed by atoms with Gasteiger partial charge in [-0.05, 0) is 30.7 Å². The Kier molecular flexibility index (Phi) is 5.63. The smallest absolute Gasteiger partial charge is 0.326 e. The molecule has 30 heavy (non-hydrogen) atoms. The highest BCUT2D eigenvalue weighted by Gasteiger charge is 2.35. The van der Waals surface area contributed by atoms with Crippen molar-refractivity contribution in [1.29, 1.82) is 0 Å². The lowest BCUT2D eigenvalue weighted by Crippen LogP contribution is -2.19. The zero-order valence-corrected chi connectivity index (χ0v) is 16.3. The fourth-order valence-corrected chi connectivity index (χ4v) is 3.32. The van der Waals surface area contributed by atoms with Gasteiger partial charge in [0.15, 0.2) is 5.69 Å². The summed E-state index contributed by atoms with van der Waals surface area (Å²) in [6.45, 7) is 1.91. The highest BCUT2D eigenvalue weighted by atomic mass is 32.2. The quantitative estimate of drug-likeness (QED) is 0.633. The van der Waals surface area contributed by atoms with E-state index < -0.39 is 32.7 Å². The van der Waals surface area contributed by atoms with E-state index in [4.69, 9.17) is 5.14 Å². The molecule has 0 spiro atoms. The molecule has 0 radical (unpaired) electrons. The Balaban J connectivity index is 1.88. The zero-order chi connectivity index (χ0) is 22.1. The van der Waals surface area contributed by atoms with Gasteiger partial charge in [0.25, 0.3) is 0 Å². The molecule has 3 N–H and O–H groups in total. The first kappa shape index (κ1) is 21.5. The molecular weight excluding hydrogens is 423 g/mol. The Morgan fingerprint density at radius 3 is 2.40 bits per heavy atom. The van der Waals surface area contributed by atoms with E-state index in [-0.39, 0.29) is 17.8 Å². The van der Waals surface area contributed by atoms with Crippen LogP contribution in [0.5, 0.6) is 0 Å². The van der Waals surface area contributed by atoms with E-state index in [1.165, 1.54) is 6.07 Å². The van der Waals surface area contributed by atoms with E-state index in [1.807, 2.05) is 19.1 Å². The predicted molar refractivity (Wildman–Crippen MR) is 101 cm³/mol. The van der Waals surface area contributed by atoms with Crippen LogP contribution in [0.4, 0.5) is 18.9 Å². The summed E-state index contributed by atoms with van der Waals surface area (Å²) in [7, 11) is -4.36. The number of nitrogens with one attached hydrogen (secondary N) is 1. The number of hydrogen-bond acceptors (Lipinski definition) is 5. The first-order chi connectivity index (χ1) is 13.9. The third-order valence-corrected chi connectivity index (χ3v) is 4.97. The van der Waals surface area contributed by atoms with Crippen LogP contribution >= 0.6 is 0 Å². The van der Waals surface area contributed by atoms with Crippen LogP contribution in [0.25, 0.3) is 5.69 Å². The van der Waals surface area contributed by atoms with Crippen LogP contribution in [-0.2, 0) is 27.4 Å². The summed E-state index contributed by atoms with van der Waals surface area (Å²) in [6, 6.07) is 10.8. The fraction of sp³-hybridized carbons (Fsp3) is 0.167. The second kappa shape index (κ2) is 7.88. The van der Waals surface area contributed by atoms with E-state index in [0.29, 0.717) is 11.0 Å². The number of carbonyl (C=O) groups is 1. The fourth-order valence-electron chi connectivity index (χ4n) is 2.59. The number of hydrogen-bond donors (Lipinski definition) is 2. The lowest BCUT2D eigenvalue weighted by Gasteiger charge is -2.11. The Morgan fingerprint density at radius 2 is 1.83 bits per heavy atom. The van der Waals surface area contributed by atoms with Crippen LogP contribution in [0, 0.1) is 6.92 Å². The van der Waals surface area contributed by atoms with Gasteiger partial charge in [0, 0.05) is 5.69 Å². The molecule has 0 atom stereocenters. The Hall–Kier alpha value is -3.25. The first-order valence-electron chi connectivity index (χ1n) is 8.45. The van der Waals surface area contributed by atoms with Gasteiger partial charge in [0.2, 0.25) is 15.9 Å². The normalized spacial score (nSPS) is 12.0. The molecule has 3 aromatic rings. The summed E-state index contributed by atoms with van der Waals surface area (Å²) in [5.41, 5.74) is 0.307. The summed E-state index contributed by atoms with van der Waals surface area (Å²) in [6.07, 6.45) is -4.24. The topological polar surface area (TPSA) is 120 Å². The average Bonchev–Trinajstić information content (AvgIpc) is 3.13. The van der Waals surface area contributed by atoms with Crippen molar-refractivity contribution in [2.45, 2.75) is 24.4 Å². The van der Waals surface area contributed by atoms with Crippen LogP contribution in [0.3, 0.4) is 0 Å². The second-order valence-electron chi connectivity index (χ2n) is 6.46. The molecule has 0 aliphatic rings. The maximum absolute atomic E-state index is 12.8. The van der Waals surface area contributed by atoms with E-state index in [1.54, 1.807) is 12.1 Å². The Labute approximate surface area is 169 Å². The maximum Gasteiger partial charge on any atom is 0.436 e. The van der Waals surface area contributed by atoms with Gasteiger partial charge >= 0.3 is 6.18 Å². The van der Waals surface area contributed by atoms with Crippen LogP contribution in [-0.4, -0.2) is 29.3 Å². The number of nitrogens with zero attached hydrogens (tertiary/aromatic N) is 3. The summed E-state index contributed by atoms with van der Waals surface area (Å²) in [5.74, 6) is -0.413. The number of nitrogens with two attached hydrogens (primary N) is 1. The molecule has 0 saturated carbocycles. The molecular formula is C18H16F3N5O3S. The highest BCUT2D eigenvalue weighted by molar-refractivity contribution is 7.89. The molecule has 1 heterocycles. The number of aromatic nitrogens is 3. The predicted octanol–water partition coefficient (Wildman–Crippen LogP) is 2.42. The molecule has 158 valence electrons. The number of rotatable bonds is 5. The minimum Gasteiger partial charge on any atom is -0.326 e. The number of anilines is 1. The van der Waals surface area contributed by atoms with E-state index in [0.717, 1.165) is 23.3 Å². The van der Waals surface area contributed by atoms with Gasteiger partial charge in [0.05, 0.1) is 12.6 Å². The van der Waals surface area contributed by atoms with Gasteiger partial charge in [-0.3, -0.25) is 4.79 Å². The van der Waals surface area contributed by atoms with E-state index >= 15 is 0 Å². The largest absolute Gasteiger partial charge is 0.436 e. The Morgan fingerprint density at radius 1 is 1.17 bits per heavy atom. The van der Waals surface area contributed by atoms with Crippen molar-refractivity contribution in [3.63, 3.8) is 0 Å². The van der Waals surface area contributed by atoms with Gasteiger partial charge in [-0.2, -0.15) is 18.3 Å². The molecule has 0 saturated heterocycles. The van der Waals surface area contributed by atoms with Gasteiger partial charge in [-0.25, -0.2) is 13.6 Å². The van der Waals surface area contributed by atoms with Crippen LogP contribution in [0.2, 0.25) is 0 Å². The molecule has 0 aliphatic carbocycles. The van der Waals surface area contributed by atoms with E-state index in [9.17, 15) is 26.4 Å². The third kappa shape index (κ3) is 5.02. The maximum atomic E-state index is 12.8. The van der Waals surface area contributed by atoms with Crippen molar-refractivity contribution < 1.29 is 26.4 Å². The highest BCUT2D eigenvalue weighted by Crippen LogP contribution is 2.28. The zero-order valence-electron chi connectivity index (χ0n) is 15.5. The second-order valence-corrected chi connectivity index (χ2v) is 7.98. The molecule has 8 nitrogen and oxygen atoms in total. The molecule has 0 bridgehead atoms. The molecule has 1 amide bonds. The monoisotopic (exact) mass is 439 g/mol. The molecule has 2 aromatic carbocycles. The average molecular weight is 439 g/mol. The summed E-state index contributed by atoms with van der Waals surface area (Å²) in [5, 5.41) is 14.4. The van der Waals surface area contributed by atoms with Crippen LogP contribution in [0.15, 0.2) is 53.6 Å². The molecule has 0 aliphatic heterocycles. The van der Waals surface area contributed by atoms with Crippen molar-refractivity contribution >= 4 is 21.6 Å². The standard InChI is InChI=1S/C18H16F3N5O3S/c1-11-2-4-12(5-3-11)8-17(27)24-13-6-7-14(15(9-13)30(22,28)29)26-23-10-16(25-26)18(19,20)21/h2-7,9-10H,8H2,1H3,(H,24,27)(H2,22,28,29). The molecule has 12 heteroatoms. The van der Waals surface area contributed by atoms with Crippen molar-refractivity contribution in [3.05, 3.63) is 65.5 Å². The SMILES string of the molecule is Cc1ccc(CC(=O)Nc2ccc(-n3ncc(C(F)(F)F)n3)c(S(N)(=O)=O)c2)cc1. The van der Waals surface area contributed by atoms with Crippen molar-refractivity contribution in [2.24, 2.45) is 5.14 Å². The summed E-state index contributed by atoms with van der Waals surface area (Å²) < 4.78 is 62.2. The van der Waals surface area contributed by atoms with Crippen molar-refractivity contribution in [3.8, 4) is 5.69 Å². The molecule has 1 aromatic heterocycles. The van der Waals surface area contributed by atoms with Gasteiger partial charge in [-0.15, -0.1) is 9.90 Å². The lowest BCUT2D eigenvalue weighted by molar-refractivity contribution is -0.141. The number of carbonyl (C=O) groups excluding carboxylic acids is 1. The number of halogens is 3. The number of amides is 1. The number of aryl methyl sites for hydroxylation is 1. The molecule has 0 unspecified atom stereocenters. The third-order valence-electron chi connectivity index (χ3n) is 4.03. The first-order valence-corrected chi connectivity index (χ1v) is 10.0. The van der Waals surface area contributed by atoms with Gasteiger partial charge < -0.3 is 5.32 Å². The van der Waals surface area contributed by atoms with Crippen LogP contribution in [0.1, 0.15) is 16.8 Å². The lowest BCUT2D eigenvalue weighted by atomic mass is 10.1. The summed E-state index contributed by atoms with van der Waals surface area (Å²) >= 11 is 0. The minimum atomic E-state index is -4.75.